The van der Waals surface area contributed by atoms with Crippen LogP contribution in [0.25, 0.3) is 0 Å². The highest BCUT2D eigenvalue weighted by Crippen LogP contribution is 1.96. The van der Waals surface area contributed by atoms with Crippen LogP contribution in [0, 0.1) is 0 Å². The zero-order valence-corrected chi connectivity index (χ0v) is 9.77. The van der Waals surface area contributed by atoms with Crippen LogP contribution in [0.1, 0.15) is 26.2 Å². The van der Waals surface area contributed by atoms with Crippen LogP contribution in [0.2, 0.25) is 0 Å². The maximum atomic E-state index is 11.3. The first kappa shape index (κ1) is 15.4. The fraction of sp³-hybridized carbons (Fsp3) is 0.700. The minimum absolute atomic E-state index is 0.155. The molecule has 0 saturated heterocycles. The Balaban J connectivity index is 3.96. The fourth-order valence-electron chi connectivity index (χ4n) is 1.15. The van der Waals surface area contributed by atoms with Crippen molar-refractivity contribution in [1.29, 1.82) is 0 Å². The van der Waals surface area contributed by atoms with Gasteiger partial charge in [-0.2, -0.15) is 0 Å². The minimum Gasteiger partial charge on any atom is -0.480 e. The number of carboxylic acid groups (broad SMARTS) is 1. The van der Waals surface area contributed by atoms with E-state index >= 15 is 0 Å². The largest absolute Gasteiger partial charge is 0.480 e. The zero-order valence-electron chi connectivity index (χ0n) is 9.77. The summed E-state index contributed by atoms with van der Waals surface area (Å²) in [6, 6.07) is -1.26. The molecular weight excluding hydrogens is 228 g/mol. The number of ether oxygens (including phenoxy) is 1. The van der Waals surface area contributed by atoms with Gasteiger partial charge in [0, 0.05) is 19.6 Å². The van der Waals surface area contributed by atoms with Crippen LogP contribution in [0.4, 0.5) is 0 Å². The van der Waals surface area contributed by atoms with Gasteiger partial charge in [0.1, 0.15) is 6.04 Å². The summed E-state index contributed by atoms with van der Waals surface area (Å²) in [4.78, 5) is 32.6. The number of rotatable bonds is 9. The third-order valence-corrected chi connectivity index (χ3v) is 1.94. The number of carbonyl (C=O) groups is 3. The van der Waals surface area contributed by atoms with Gasteiger partial charge in [0.25, 0.3) is 0 Å². The summed E-state index contributed by atoms with van der Waals surface area (Å²) in [5, 5.41) is 11.0. The van der Waals surface area contributed by atoms with Crippen molar-refractivity contribution in [2.24, 2.45) is 5.73 Å². The lowest BCUT2D eigenvalue weighted by Gasteiger charge is -2.12. The Morgan fingerprint density at radius 3 is 2.53 bits per heavy atom. The van der Waals surface area contributed by atoms with Crippen LogP contribution in [-0.4, -0.2) is 42.1 Å². The number of amides is 2. The highest BCUT2D eigenvalue weighted by atomic mass is 16.5. The molecular formula is C10H18N2O5. The molecule has 0 saturated carbocycles. The average molecular weight is 246 g/mol. The van der Waals surface area contributed by atoms with Crippen molar-refractivity contribution in [3.8, 4) is 0 Å². The SMILES string of the molecule is CCOCCCC(=O)N[C@@H](CC(N)=O)C(=O)O. The molecule has 0 bridgehead atoms. The molecule has 0 heterocycles. The lowest BCUT2D eigenvalue weighted by molar-refractivity contribution is -0.143. The Bertz CT molecular complexity index is 280. The summed E-state index contributed by atoms with van der Waals surface area (Å²) < 4.78 is 5.03. The molecule has 98 valence electrons. The molecule has 0 aliphatic rings. The smallest absolute Gasteiger partial charge is 0.326 e. The number of aliphatic carboxylic acids is 1. The van der Waals surface area contributed by atoms with Gasteiger partial charge in [0.2, 0.25) is 11.8 Å². The van der Waals surface area contributed by atoms with E-state index in [0.717, 1.165) is 0 Å². The Labute approximate surface area is 99.3 Å². The van der Waals surface area contributed by atoms with E-state index in [2.05, 4.69) is 5.32 Å². The molecule has 0 spiro atoms. The van der Waals surface area contributed by atoms with Crippen LogP contribution in [-0.2, 0) is 19.1 Å². The van der Waals surface area contributed by atoms with Crippen LogP contribution >= 0.6 is 0 Å². The van der Waals surface area contributed by atoms with Crippen molar-refractivity contribution in [3.05, 3.63) is 0 Å². The molecule has 7 nitrogen and oxygen atoms in total. The van der Waals surface area contributed by atoms with Gasteiger partial charge in [-0.05, 0) is 13.3 Å². The number of hydrogen-bond acceptors (Lipinski definition) is 4. The lowest BCUT2D eigenvalue weighted by atomic mass is 10.2. The summed E-state index contributed by atoms with van der Waals surface area (Å²) in [7, 11) is 0. The summed E-state index contributed by atoms with van der Waals surface area (Å²) >= 11 is 0. The van der Waals surface area contributed by atoms with Crippen LogP contribution in [0.15, 0.2) is 0 Å². The molecule has 17 heavy (non-hydrogen) atoms. The third-order valence-electron chi connectivity index (χ3n) is 1.94. The van der Waals surface area contributed by atoms with Crippen LogP contribution < -0.4 is 11.1 Å². The molecule has 0 rings (SSSR count). The van der Waals surface area contributed by atoms with E-state index in [1.807, 2.05) is 6.92 Å². The predicted octanol–water partition coefficient (Wildman–Crippen LogP) is -0.752. The Hall–Kier alpha value is -1.63. The fourth-order valence-corrected chi connectivity index (χ4v) is 1.15. The summed E-state index contributed by atoms with van der Waals surface area (Å²) in [5.41, 5.74) is 4.87. The molecule has 0 aliphatic carbocycles. The Morgan fingerprint density at radius 2 is 2.06 bits per heavy atom. The second-order valence-corrected chi connectivity index (χ2v) is 3.43. The molecule has 0 aliphatic heterocycles. The van der Waals surface area contributed by atoms with Gasteiger partial charge in [-0.3, -0.25) is 9.59 Å². The number of nitrogens with one attached hydrogen (secondary N) is 1. The van der Waals surface area contributed by atoms with E-state index in [1.54, 1.807) is 0 Å². The Kier molecular flexibility index (Phi) is 7.70. The van der Waals surface area contributed by atoms with E-state index in [4.69, 9.17) is 15.6 Å². The standard InChI is InChI=1S/C10H18N2O5/c1-2-17-5-3-4-9(14)12-7(10(15)16)6-8(11)13/h7H,2-6H2,1H3,(H2,11,13)(H,12,14)(H,15,16)/t7-/m0/s1. The van der Waals surface area contributed by atoms with Gasteiger partial charge in [0.05, 0.1) is 6.42 Å². The normalized spacial score (nSPS) is 11.8. The van der Waals surface area contributed by atoms with E-state index in [0.29, 0.717) is 19.6 Å². The second-order valence-electron chi connectivity index (χ2n) is 3.43. The van der Waals surface area contributed by atoms with Crippen molar-refractivity contribution in [2.75, 3.05) is 13.2 Å². The van der Waals surface area contributed by atoms with Crippen molar-refractivity contribution in [1.82, 2.24) is 5.32 Å². The molecule has 0 aromatic rings. The van der Waals surface area contributed by atoms with Gasteiger partial charge >= 0.3 is 5.97 Å². The van der Waals surface area contributed by atoms with E-state index < -0.39 is 30.2 Å². The van der Waals surface area contributed by atoms with Crippen molar-refractivity contribution in [3.63, 3.8) is 0 Å². The van der Waals surface area contributed by atoms with Crippen molar-refractivity contribution < 1.29 is 24.2 Å². The quantitative estimate of drug-likeness (QED) is 0.462. The highest BCUT2D eigenvalue weighted by Gasteiger charge is 2.21. The molecule has 2 amide bonds. The first-order valence-corrected chi connectivity index (χ1v) is 5.35. The minimum atomic E-state index is -1.28. The van der Waals surface area contributed by atoms with Gasteiger partial charge < -0.3 is 20.9 Å². The van der Waals surface area contributed by atoms with E-state index in [1.165, 1.54) is 0 Å². The first-order valence-electron chi connectivity index (χ1n) is 5.35. The monoisotopic (exact) mass is 246 g/mol. The maximum absolute atomic E-state index is 11.3. The number of carboxylic acids is 1. The highest BCUT2D eigenvalue weighted by molar-refractivity contribution is 5.88. The third kappa shape index (κ3) is 8.21. The average Bonchev–Trinajstić information content (AvgIpc) is 2.22. The summed E-state index contributed by atoms with van der Waals surface area (Å²) in [6.45, 7) is 2.85. The van der Waals surface area contributed by atoms with Gasteiger partial charge in [-0.1, -0.05) is 0 Å². The van der Waals surface area contributed by atoms with Crippen LogP contribution in [0.5, 0.6) is 0 Å². The molecule has 0 radical (unpaired) electrons. The molecule has 1 atom stereocenters. The summed E-state index contributed by atoms with van der Waals surface area (Å²) in [5.74, 6) is -2.48. The predicted molar refractivity (Wildman–Crippen MR) is 59.1 cm³/mol. The first-order chi connectivity index (χ1) is 7.97. The molecule has 0 aromatic heterocycles. The molecule has 7 heteroatoms. The summed E-state index contributed by atoms with van der Waals surface area (Å²) in [6.07, 6.45) is 0.248. The molecule has 4 N–H and O–H groups in total. The van der Waals surface area contributed by atoms with Crippen LogP contribution in [0.3, 0.4) is 0 Å². The molecule has 0 fully saturated rings. The van der Waals surface area contributed by atoms with E-state index in [-0.39, 0.29) is 6.42 Å². The number of nitrogens with two attached hydrogens (primary N) is 1. The van der Waals surface area contributed by atoms with Crippen molar-refractivity contribution >= 4 is 17.8 Å². The zero-order chi connectivity index (χ0) is 13.3. The van der Waals surface area contributed by atoms with Gasteiger partial charge in [-0.25, -0.2) is 4.79 Å². The van der Waals surface area contributed by atoms with E-state index in [9.17, 15) is 14.4 Å². The van der Waals surface area contributed by atoms with Crippen molar-refractivity contribution in [2.45, 2.75) is 32.2 Å². The van der Waals surface area contributed by atoms with Gasteiger partial charge in [0.15, 0.2) is 0 Å². The number of primary amides is 1. The molecule has 0 unspecified atom stereocenters. The maximum Gasteiger partial charge on any atom is 0.326 e. The topological polar surface area (TPSA) is 119 Å². The lowest BCUT2D eigenvalue weighted by Crippen LogP contribution is -2.43. The molecule has 0 aromatic carbocycles. The van der Waals surface area contributed by atoms with Gasteiger partial charge in [-0.15, -0.1) is 0 Å². The Morgan fingerprint density at radius 1 is 1.41 bits per heavy atom. The number of carbonyl (C=O) groups excluding carboxylic acids is 2. The second kappa shape index (κ2) is 8.51. The number of hydrogen-bond donors (Lipinski definition) is 3.